The number of hydrogen-bond acceptors (Lipinski definition) is 3. The molecule has 0 N–H and O–H groups in total. The van der Waals surface area contributed by atoms with Gasteiger partial charge in [0.05, 0.1) is 34.1 Å². The summed E-state index contributed by atoms with van der Waals surface area (Å²) in [6.07, 6.45) is 0. The Hall–Kier alpha value is -10.7. The lowest BCUT2D eigenvalue weighted by atomic mass is 9.93. The van der Waals surface area contributed by atoms with E-state index in [4.69, 9.17) is 0 Å². The molecule has 13 aromatic carbocycles. The minimum atomic E-state index is 1.11. The number of anilines is 9. The van der Waals surface area contributed by atoms with Crippen LogP contribution in [-0.2, 0) is 0 Å². The van der Waals surface area contributed by atoms with Gasteiger partial charge in [-0.05, 0) is 158 Å². The average molecular weight is 1030 g/mol. The predicted octanol–water partition coefficient (Wildman–Crippen LogP) is 22.0. The van der Waals surface area contributed by atoms with Gasteiger partial charge >= 0.3 is 0 Å². The zero-order valence-corrected chi connectivity index (χ0v) is 44.3. The summed E-state index contributed by atoms with van der Waals surface area (Å²) in [5.74, 6) is 0. The normalized spacial score (nSPS) is 12.4. The monoisotopic (exact) mass is 1030 g/mol. The molecule has 0 bridgehead atoms. The number of fused-ring (bicyclic) bond motifs is 15. The van der Waals surface area contributed by atoms with Crippen molar-refractivity contribution in [2.45, 2.75) is 0 Å². The van der Waals surface area contributed by atoms with E-state index in [1.807, 2.05) is 0 Å². The summed E-state index contributed by atoms with van der Waals surface area (Å²) >= 11 is 0. The fraction of sp³-hybridized carbons (Fsp3) is 0. The summed E-state index contributed by atoms with van der Waals surface area (Å²) in [5, 5.41) is 0. The van der Waals surface area contributed by atoms with Gasteiger partial charge in [0.1, 0.15) is 0 Å². The third kappa shape index (κ3) is 7.66. The van der Waals surface area contributed by atoms with E-state index >= 15 is 0 Å². The molecular formula is C78H51N3. The minimum Gasteiger partial charge on any atom is -0.309 e. The minimum absolute atomic E-state index is 1.11. The molecule has 0 aromatic heterocycles. The molecule has 3 nitrogen and oxygen atoms in total. The number of nitrogens with zero attached hydrogens (tertiary/aromatic N) is 3. The molecule has 81 heavy (non-hydrogen) atoms. The standard InChI is InChI=1S/C78H51N3/c1-2-20-62-61(19-1)67-25-7-13-31-73(67)79(74-32-14-8-26-68(62)74)58-43-37-52(38-44-58)55-49-56(53-39-45-59(46-40-53)80-75-33-15-9-27-69(75)63-21-3-4-22-64(63)70-28-10-16-34-76(70)80)51-57(50-55)54-41-47-60(48-42-54)81-77-35-17-11-29-71(77)65-23-5-6-24-66(65)72-30-12-18-36-78(72)81/h1-51H. The van der Waals surface area contributed by atoms with Gasteiger partial charge in [-0.3, -0.25) is 0 Å². The van der Waals surface area contributed by atoms with Crippen molar-refractivity contribution in [3.63, 3.8) is 0 Å². The van der Waals surface area contributed by atoms with Crippen LogP contribution in [-0.4, -0.2) is 0 Å². The second kappa shape index (κ2) is 19.0. The first-order valence-electron chi connectivity index (χ1n) is 27.9. The average Bonchev–Trinajstić information content (AvgIpc) is 4.06. The van der Waals surface area contributed by atoms with Crippen molar-refractivity contribution in [1.29, 1.82) is 0 Å². The van der Waals surface area contributed by atoms with Crippen LogP contribution in [0.25, 0.3) is 100 Å². The largest absolute Gasteiger partial charge is 0.309 e. The van der Waals surface area contributed by atoms with E-state index in [9.17, 15) is 0 Å². The Morgan fingerprint density at radius 2 is 0.296 bits per heavy atom. The summed E-state index contributed by atoms with van der Waals surface area (Å²) in [5.41, 5.74) is 31.9. The molecule has 3 heteroatoms. The highest BCUT2D eigenvalue weighted by Crippen LogP contribution is 2.54. The molecule has 0 saturated carbocycles. The summed E-state index contributed by atoms with van der Waals surface area (Å²) < 4.78 is 0. The van der Waals surface area contributed by atoms with Gasteiger partial charge in [0, 0.05) is 50.4 Å². The van der Waals surface area contributed by atoms with Crippen molar-refractivity contribution in [3.05, 3.63) is 309 Å². The molecule has 13 aromatic rings. The fourth-order valence-electron chi connectivity index (χ4n) is 13.0. The Morgan fingerprint density at radius 3 is 0.481 bits per heavy atom. The van der Waals surface area contributed by atoms with Gasteiger partial charge in [0.25, 0.3) is 0 Å². The van der Waals surface area contributed by atoms with Crippen LogP contribution in [0, 0.1) is 0 Å². The Kier molecular flexibility index (Phi) is 10.9. The third-order valence-corrected chi connectivity index (χ3v) is 16.7. The molecule has 378 valence electrons. The maximum absolute atomic E-state index is 2.43. The van der Waals surface area contributed by atoms with Crippen molar-refractivity contribution >= 4 is 51.2 Å². The summed E-state index contributed by atoms with van der Waals surface area (Å²) in [6, 6.07) is 114. The van der Waals surface area contributed by atoms with E-state index in [2.05, 4.69) is 324 Å². The number of para-hydroxylation sites is 6. The maximum atomic E-state index is 2.43. The van der Waals surface area contributed by atoms with Crippen molar-refractivity contribution in [2.75, 3.05) is 14.7 Å². The van der Waals surface area contributed by atoms with E-state index < -0.39 is 0 Å². The molecule has 0 radical (unpaired) electrons. The molecule has 0 fully saturated rings. The van der Waals surface area contributed by atoms with Crippen molar-refractivity contribution in [3.8, 4) is 100 Å². The fourth-order valence-corrected chi connectivity index (χ4v) is 13.0. The summed E-state index contributed by atoms with van der Waals surface area (Å²) in [7, 11) is 0. The molecule has 0 aliphatic carbocycles. The number of rotatable bonds is 6. The van der Waals surface area contributed by atoms with Gasteiger partial charge in [0.15, 0.2) is 0 Å². The van der Waals surface area contributed by atoms with Crippen LogP contribution in [0.2, 0.25) is 0 Å². The zero-order valence-electron chi connectivity index (χ0n) is 44.3. The van der Waals surface area contributed by atoms with Crippen LogP contribution in [0.4, 0.5) is 51.2 Å². The quantitative estimate of drug-likeness (QED) is 0.164. The zero-order chi connectivity index (χ0) is 53.4. The van der Waals surface area contributed by atoms with Crippen LogP contribution in [0.15, 0.2) is 309 Å². The van der Waals surface area contributed by atoms with Crippen molar-refractivity contribution in [1.82, 2.24) is 0 Å². The van der Waals surface area contributed by atoms with Crippen LogP contribution in [0.5, 0.6) is 0 Å². The molecule has 0 spiro atoms. The first-order chi connectivity index (χ1) is 40.2. The summed E-state index contributed by atoms with van der Waals surface area (Å²) in [6.45, 7) is 0. The smallest absolute Gasteiger partial charge is 0.0540 e. The van der Waals surface area contributed by atoms with Gasteiger partial charge in [-0.25, -0.2) is 0 Å². The Morgan fingerprint density at radius 1 is 0.136 bits per heavy atom. The highest BCUT2D eigenvalue weighted by molar-refractivity contribution is 6.05. The van der Waals surface area contributed by atoms with Crippen LogP contribution in [0.1, 0.15) is 0 Å². The molecule has 3 heterocycles. The molecule has 16 rings (SSSR count). The lowest BCUT2D eigenvalue weighted by Gasteiger charge is -2.27. The van der Waals surface area contributed by atoms with E-state index in [0.717, 1.165) is 84.6 Å². The highest BCUT2D eigenvalue weighted by Gasteiger charge is 2.29. The Bertz CT molecular complexity index is 3910. The van der Waals surface area contributed by atoms with Gasteiger partial charge in [0.2, 0.25) is 0 Å². The number of benzene rings is 13. The van der Waals surface area contributed by atoms with Crippen molar-refractivity contribution in [2.24, 2.45) is 0 Å². The predicted molar refractivity (Wildman–Crippen MR) is 340 cm³/mol. The molecule has 3 aliphatic rings. The molecule has 3 aliphatic heterocycles. The SMILES string of the molecule is c1ccc2c(c1)-c1ccccc1N(c1ccc(-c3cc(-c4ccc(N5c6ccccc6-c6ccccc6-c6ccccc65)cc4)cc(-c4ccc(N5c6ccccc6-c6ccccc6-c6ccccc65)cc4)c3)cc1)c1ccccc1-2. The van der Waals surface area contributed by atoms with Gasteiger partial charge in [-0.1, -0.05) is 218 Å². The van der Waals surface area contributed by atoms with Crippen LogP contribution < -0.4 is 14.7 Å². The van der Waals surface area contributed by atoms with E-state index in [1.165, 1.54) is 66.8 Å². The molecule has 0 atom stereocenters. The Labute approximate surface area is 472 Å². The summed E-state index contributed by atoms with van der Waals surface area (Å²) in [4.78, 5) is 7.29. The van der Waals surface area contributed by atoms with Gasteiger partial charge in [-0.2, -0.15) is 0 Å². The first kappa shape index (κ1) is 46.4. The lowest BCUT2D eigenvalue weighted by molar-refractivity contribution is 1.29. The highest BCUT2D eigenvalue weighted by atomic mass is 15.2. The molecule has 0 amide bonds. The van der Waals surface area contributed by atoms with E-state index in [-0.39, 0.29) is 0 Å². The van der Waals surface area contributed by atoms with E-state index in [1.54, 1.807) is 0 Å². The van der Waals surface area contributed by atoms with Crippen LogP contribution in [0.3, 0.4) is 0 Å². The van der Waals surface area contributed by atoms with Crippen molar-refractivity contribution < 1.29 is 0 Å². The lowest BCUT2D eigenvalue weighted by Crippen LogP contribution is -2.10. The first-order valence-corrected chi connectivity index (χ1v) is 27.9. The van der Waals surface area contributed by atoms with Gasteiger partial charge in [-0.15, -0.1) is 0 Å². The number of hydrogen-bond donors (Lipinski definition) is 0. The van der Waals surface area contributed by atoms with Crippen LogP contribution >= 0.6 is 0 Å². The second-order valence-electron chi connectivity index (χ2n) is 21.2. The molecular weight excluding hydrogens is 979 g/mol. The van der Waals surface area contributed by atoms with Gasteiger partial charge < -0.3 is 14.7 Å². The topological polar surface area (TPSA) is 9.72 Å². The second-order valence-corrected chi connectivity index (χ2v) is 21.2. The third-order valence-electron chi connectivity index (χ3n) is 16.7. The maximum Gasteiger partial charge on any atom is 0.0540 e. The molecule has 0 unspecified atom stereocenters. The Balaban J connectivity index is 0.819. The van der Waals surface area contributed by atoms with E-state index in [0.29, 0.717) is 0 Å². The molecule has 0 saturated heterocycles.